The number of halogens is 1. The number of carbonyl (C=O) groups excluding carboxylic acids is 2. The fourth-order valence-corrected chi connectivity index (χ4v) is 2.67. The van der Waals surface area contributed by atoms with Crippen molar-refractivity contribution in [3.8, 4) is 0 Å². The fraction of sp³-hybridized carbons (Fsp3) is 0.467. The van der Waals surface area contributed by atoms with E-state index in [4.69, 9.17) is 16.3 Å². The lowest BCUT2D eigenvalue weighted by molar-refractivity contribution is -0.186. The van der Waals surface area contributed by atoms with Crippen LogP contribution in [0.2, 0.25) is 5.02 Å². The Labute approximate surface area is 117 Å². The minimum atomic E-state index is -1.09. The Balaban J connectivity index is 2.45. The van der Waals surface area contributed by atoms with Crippen molar-refractivity contribution in [3.63, 3.8) is 0 Å². The summed E-state index contributed by atoms with van der Waals surface area (Å²) in [5.41, 5.74) is -1.07. The van der Waals surface area contributed by atoms with Gasteiger partial charge in [0.05, 0.1) is 5.41 Å². The lowest BCUT2D eigenvalue weighted by Crippen LogP contribution is -2.52. The van der Waals surface area contributed by atoms with Crippen LogP contribution in [-0.2, 0) is 14.3 Å². The van der Waals surface area contributed by atoms with Gasteiger partial charge in [-0.2, -0.15) is 0 Å². The van der Waals surface area contributed by atoms with Gasteiger partial charge >= 0.3 is 5.97 Å². The highest BCUT2D eigenvalue weighted by molar-refractivity contribution is 6.30. The van der Waals surface area contributed by atoms with Crippen LogP contribution in [0.1, 0.15) is 39.4 Å². The number of esters is 1. The summed E-state index contributed by atoms with van der Waals surface area (Å²) >= 11 is 5.85. The van der Waals surface area contributed by atoms with Gasteiger partial charge in [-0.15, -0.1) is 0 Å². The van der Waals surface area contributed by atoms with Gasteiger partial charge in [-0.1, -0.05) is 23.7 Å². The molecule has 0 unspecified atom stereocenters. The number of rotatable bonds is 1. The Morgan fingerprint density at radius 1 is 1.05 bits per heavy atom. The van der Waals surface area contributed by atoms with E-state index >= 15 is 0 Å². The molecular formula is C15H17ClO3. The molecule has 1 aromatic rings. The van der Waals surface area contributed by atoms with Gasteiger partial charge in [-0.3, -0.25) is 9.59 Å². The van der Waals surface area contributed by atoms with E-state index in [1.807, 2.05) is 13.8 Å². The molecular weight excluding hydrogens is 264 g/mol. The zero-order chi connectivity index (χ0) is 14.4. The first-order valence-corrected chi connectivity index (χ1v) is 6.56. The number of Topliss-reactive ketones (excluding diaryl/α,β-unsaturated/α-hetero) is 1. The normalized spacial score (nSPS) is 25.0. The molecule has 1 fully saturated rings. The number of hydrogen-bond donors (Lipinski definition) is 0. The van der Waals surface area contributed by atoms with E-state index < -0.39 is 22.9 Å². The summed E-state index contributed by atoms with van der Waals surface area (Å²) in [6.45, 7) is 6.83. The molecule has 19 heavy (non-hydrogen) atoms. The smallest absolute Gasteiger partial charge is 0.319 e. The van der Waals surface area contributed by atoms with E-state index in [2.05, 4.69) is 0 Å². The van der Waals surface area contributed by atoms with Crippen molar-refractivity contribution in [2.24, 2.45) is 10.8 Å². The van der Waals surface area contributed by atoms with Crippen LogP contribution in [0.5, 0.6) is 0 Å². The molecule has 1 aliphatic rings. The van der Waals surface area contributed by atoms with Gasteiger partial charge in [0.1, 0.15) is 11.5 Å². The largest absolute Gasteiger partial charge is 0.456 e. The van der Waals surface area contributed by atoms with Crippen molar-refractivity contribution in [2.75, 3.05) is 0 Å². The Hall–Kier alpha value is -1.35. The number of ether oxygens (including phenoxy) is 1. The van der Waals surface area contributed by atoms with Crippen molar-refractivity contribution in [2.45, 2.75) is 33.8 Å². The third kappa shape index (κ3) is 2.16. The third-order valence-corrected chi connectivity index (χ3v) is 3.97. The molecule has 1 aromatic carbocycles. The minimum absolute atomic E-state index is 0.101. The van der Waals surface area contributed by atoms with E-state index in [1.54, 1.807) is 38.1 Å². The lowest BCUT2D eigenvalue weighted by Gasteiger charge is -2.43. The molecule has 1 heterocycles. The molecule has 0 N–H and O–H groups in total. The summed E-state index contributed by atoms with van der Waals surface area (Å²) in [6, 6.07) is 7.03. The van der Waals surface area contributed by atoms with Crippen LogP contribution < -0.4 is 0 Å². The van der Waals surface area contributed by atoms with Crippen LogP contribution >= 0.6 is 11.6 Å². The van der Waals surface area contributed by atoms with Crippen LogP contribution in [0.15, 0.2) is 24.3 Å². The highest BCUT2D eigenvalue weighted by Gasteiger charge is 2.55. The zero-order valence-electron chi connectivity index (χ0n) is 11.5. The Kier molecular flexibility index (Phi) is 3.21. The van der Waals surface area contributed by atoms with Gasteiger partial charge in [-0.25, -0.2) is 0 Å². The van der Waals surface area contributed by atoms with Gasteiger partial charge in [0.25, 0.3) is 0 Å². The molecule has 0 saturated carbocycles. The van der Waals surface area contributed by atoms with E-state index in [1.165, 1.54) is 0 Å². The SMILES string of the molecule is CC1(C)C(=O)O[C@@H](c2ccc(Cl)cc2)C(C)(C)C1=O. The first-order valence-electron chi connectivity index (χ1n) is 6.19. The average Bonchev–Trinajstić information content (AvgIpc) is 2.34. The molecule has 0 aliphatic carbocycles. The van der Waals surface area contributed by atoms with E-state index in [9.17, 15) is 9.59 Å². The highest BCUT2D eigenvalue weighted by Crippen LogP contribution is 2.47. The molecule has 102 valence electrons. The number of benzene rings is 1. The topological polar surface area (TPSA) is 43.4 Å². The molecule has 2 rings (SSSR count). The second-order valence-electron chi connectivity index (χ2n) is 6.01. The Morgan fingerprint density at radius 3 is 2.11 bits per heavy atom. The van der Waals surface area contributed by atoms with Crippen LogP contribution in [0.25, 0.3) is 0 Å². The summed E-state index contributed by atoms with van der Waals surface area (Å²) < 4.78 is 5.51. The Morgan fingerprint density at radius 2 is 1.58 bits per heavy atom. The monoisotopic (exact) mass is 280 g/mol. The third-order valence-electron chi connectivity index (χ3n) is 3.72. The summed E-state index contributed by atoms with van der Waals surface area (Å²) in [4.78, 5) is 24.5. The van der Waals surface area contributed by atoms with E-state index in [0.29, 0.717) is 5.02 Å². The van der Waals surface area contributed by atoms with Crippen LogP contribution in [-0.4, -0.2) is 11.8 Å². The second kappa shape index (κ2) is 4.34. The van der Waals surface area contributed by atoms with Gasteiger partial charge in [-0.05, 0) is 45.4 Å². The molecule has 3 nitrogen and oxygen atoms in total. The van der Waals surface area contributed by atoms with Gasteiger partial charge < -0.3 is 4.74 Å². The summed E-state index contributed by atoms with van der Waals surface area (Å²) in [6.07, 6.45) is -0.571. The molecule has 0 radical (unpaired) electrons. The van der Waals surface area contributed by atoms with Crippen LogP contribution in [0.4, 0.5) is 0 Å². The zero-order valence-corrected chi connectivity index (χ0v) is 12.2. The van der Waals surface area contributed by atoms with Crippen molar-refractivity contribution in [1.82, 2.24) is 0 Å². The van der Waals surface area contributed by atoms with Gasteiger partial charge in [0, 0.05) is 5.02 Å². The fourth-order valence-electron chi connectivity index (χ4n) is 2.54. The maximum absolute atomic E-state index is 12.5. The highest BCUT2D eigenvalue weighted by atomic mass is 35.5. The molecule has 0 bridgehead atoms. The minimum Gasteiger partial charge on any atom is -0.456 e. The molecule has 1 saturated heterocycles. The van der Waals surface area contributed by atoms with Crippen molar-refractivity contribution in [1.29, 1.82) is 0 Å². The Bertz CT molecular complexity index is 529. The number of cyclic esters (lactones) is 1. The number of ketones is 1. The van der Waals surface area contributed by atoms with E-state index in [0.717, 1.165) is 5.56 Å². The molecule has 1 aliphatic heterocycles. The van der Waals surface area contributed by atoms with Crippen molar-refractivity contribution < 1.29 is 14.3 Å². The van der Waals surface area contributed by atoms with Crippen LogP contribution in [0, 0.1) is 10.8 Å². The lowest BCUT2D eigenvalue weighted by atomic mass is 9.67. The first-order chi connectivity index (χ1) is 8.67. The number of hydrogen-bond acceptors (Lipinski definition) is 3. The molecule has 4 heteroatoms. The maximum atomic E-state index is 12.5. The first kappa shape index (κ1) is 14.1. The number of carbonyl (C=O) groups is 2. The predicted octanol–water partition coefficient (Wildman–Crippen LogP) is 3.56. The molecule has 0 amide bonds. The molecule has 1 atom stereocenters. The standard InChI is InChI=1S/C15H17ClO3/c1-14(2)11(9-5-7-10(16)8-6-9)19-13(18)15(3,4)12(14)17/h5-8,11H,1-4H3/t11-/m0/s1. The molecule has 0 spiro atoms. The summed E-state index contributed by atoms with van der Waals surface area (Å²) in [5.74, 6) is -0.576. The maximum Gasteiger partial charge on any atom is 0.319 e. The van der Waals surface area contributed by atoms with Gasteiger partial charge in [0.15, 0.2) is 5.78 Å². The van der Waals surface area contributed by atoms with Crippen molar-refractivity contribution in [3.05, 3.63) is 34.9 Å². The van der Waals surface area contributed by atoms with Crippen LogP contribution in [0.3, 0.4) is 0 Å². The molecule has 0 aromatic heterocycles. The quantitative estimate of drug-likeness (QED) is 0.583. The van der Waals surface area contributed by atoms with Gasteiger partial charge in [0.2, 0.25) is 0 Å². The van der Waals surface area contributed by atoms with Crippen molar-refractivity contribution >= 4 is 23.4 Å². The van der Waals surface area contributed by atoms with E-state index in [-0.39, 0.29) is 5.78 Å². The summed E-state index contributed by atoms with van der Waals surface area (Å²) in [7, 11) is 0. The summed E-state index contributed by atoms with van der Waals surface area (Å²) in [5, 5.41) is 0.607. The average molecular weight is 281 g/mol. The second-order valence-corrected chi connectivity index (χ2v) is 6.45. The predicted molar refractivity (Wildman–Crippen MR) is 72.9 cm³/mol.